The van der Waals surface area contributed by atoms with E-state index in [4.69, 9.17) is 5.73 Å². The second kappa shape index (κ2) is 4.77. The summed E-state index contributed by atoms with van der Waals surface area (Å²) in [4.78, 5) is 10.8. The van der Waals surface area contributed by atoms with Crippen molar-refractivity contribution in [2.24, 2.45) is 5.73 Å². The molecule has 0 unspecified atom stereocenters. The van der Waals surface area contributed by atoms with Crippen LogP contribution in [0.2, 0.25) is 0 Å². The van der Waals surface area contributed by atoms with Crippen LogP contribution < -0.4 is 11.1 Å². The van der Waals surface area contributed by atoms with Gasteiger partial charge in [-0.1, -0.05) is 18.2 Å². The zero-order valence-corrected chi connectivity index (χ0v) is 8.00. The SMILES string of the molecule is NC(=O)[C@H](CS)Nc1ccccc1. The highest BCUT2D eigenvalue weighted by molar-refractivity contribution is 7.80. The van der Waals surface area contributed by atoms with Gasteiger partial charge in [0.25, 0.3) is 0 Å². The number of carbonyl (C=O) groups is 1. The molecule has 0 aliphatic carbocycles. The highest BCUT2D eigenvalue weighted by Gasteiger charge is 2.11. The van der Waals surface area contributed by atoms with Gasteiger partial charge in [-0.05, 0) is 12.1 Å². The molecule has 0 aliphatic rings. The third-order valence-corrected chi connectivity index (χ3v) is 2.01. The van der Waals surface area contributed by atoms with Gasteiger partial charge in [-0.3, -0.25) is 4.79 Å². The normalized spacial score (nSPS) is 12.1. The van der Waals surface area contributed by atoms with E-state index in [1.807, 2.05) is 30.3 Å². The van der Waals surface area contributed by atoms with Crippen LogP contribution in [0.4, 0.5) is 5.69 Å². The molecule has 13 heavy (non-hydrogen) atoms. The van der Waals surface area contributed by atoms with Gasteiger partial charge in [0.05, 0.1) is 0 Å². The second-order valence-electron chi connectivity index (χ2n) is 2.65. The Morgan fingerprint density at radius 3 is 2.54 bits per heavy atom. The summed E-state index contributed by atoms with van der Waals surface area (Å²) in [5.41, 5.74) is 6.02. The van der Waals surface area contributed by atoms with Gasteiger partial charge in [-0.15, -0.1) is 0 Å². The fourth-order valence-corrected chi connectivity index (χ4v) is 1.21. The lowest BCUT2D eigenvalue weighted by molar-refractivity contribution is -0.118. The highest BCUT2D eigenvalue weighted by atomic mass is 32.1. The van der Waals surface area contributed by atoms with Crippen LogP contribution in [0.15, 0.2) is 30.3 Å². The maximum absolute atomic E-state index is 10.8. The van der Waals surface area contributed by atoms with E-state index in [9.17, 15) is 4.79 Å². The van der Waals surface area contributed by atoms with Crippen molar-refractivity contribution >= 4 is 24.2 Å². The van der Waals surface area contributed by atoms with Crippen molar-refractivity contribution in [2.75, 3.05) is 11.1 Å². The Labute approximate surface area is 82.7 Å². The molecule has 0 heterocycles. The van der Waals surface area contributed by atoms with E-state index in [-0.39, 0.29) is 5.91 Å². The van der Waals surface area contributed by atoms with Gasteiger partial charge in [0.1, 0.15) is 6.04 Å². The van der Waals surface area contributed by atoms with Gasteiger partial charge < -0.3 is 11.1 Å². The Balaban J connectivity index is 2.62. The number of hydrogen-bond donors (Lipinski definition) is 3. The van der Waals surface area contributed by atoms with Crippen molar-refractivity contribution in [2.45, 2.75) is 6.04 Å². The molecule has 0 saturated carbocycles. The number of primary amides is 1. The Morgan fingerprint density at radius 1 is 1.46 bits per heavy atom. The monoisotopic (exact) mass is 196 g/mol. The first-order valence-electron chi connectivity index (χ1n) is 3.96. The van der Waals surface area contributed by atoms with Crippen molar-refractivity contribution < 1.29 is 4.79 Å². The minimum absolute atomic E-state index is 0.390. The van der Waals surface area contributed by atoms with Crippen LogP contribution >= 0.6 is 12.6 Å². The molecular weight excluding hydrogens is 184 g/mol. The van der Waals surface area contributed by atoms with Crippen LogP contribution in [-0.2, 0) is 4.79 Å². The topological polar surface area (TPSA) is 55.1 Å². The molecule has 1 amide bonds. The first-order chi connectivity index (χ1) is 6.24. The van der Waals surface area contributed by atoms with Gasteiger partial charge in [0.15, 0.2) is 0 Å². The number of rotatable bonds is 4. The summed E-state index contributed by atoms with van der Waals surface area (Å²) in [5.74, 6) is 0.00313. The number of nitrogens with one attached hydrogen (secondary N) is 1. The minimum Gasteiger partial charge on any atom is -0.373 e. The molecular formula is C9H12N2OS. The number of nitrogens with two attached hydrogens (primary N) is 1. The minimum atomic E-state index is -0.411. The third kappa shape index (κ3) is 2.99. The van der Waals surface area contributed by atoms with E-state index in [2.05, 4.69) is 17.9 Å². The zero-order chi connectivity index (χ0) is 9.68. The molecule has 1 rings (SSSR count). The van der Waals surface area contributed by atoms with E-state index < -0.39 is 6.04 Å². The molecule has 1 aromatic rings. The number of anilines is 1. The van der Waals surface area contributed by atoms with Crippen LogP contribution in [0.3, 0.4) is 0 Å². The lowest BCUT2D eigenvalue weighted by Crippen LogP contribution is -2.36. The Kier molecular flexibility index (Phi) is 3.64. The summed E-state index contributed by atoms with van der Waals surface area (Å²) in [6.07, 6.45) is 0. The van der Waals surface area contributed by atoms with Crippen LogP contribution in [0, 0.1) is 0 Å². The second-order valence-corrected chi connectivity index (χ2v) is 3.01. The van der Waals surface area contributed by atoms with Crippen LogP contribution in [0.5, 0.6) is 0 Å². The van der Waals surface area contributed by atoms with Gasteiger partial charge in [-0.2, -0.15) is 12.6 Å². The molecule has 0 aliphatic heterocycles. The van der Waals surface area contributed by atoms with Crippen molar-refractivity contribution in [1.29, 1.82) is 0 Å². The fraction of sp³-hybridized carbons (Fsp3) is 0.222. The largest absolute Gasteiger partial charge is 0.373 e. The lowest BCUT2D eigenvalue weighted by Gasteiger charge is -2.13. The smallest absolute Gasteiger partial charge is 0.240 e. The summed E-state index contributed by atoms with van der Waals surface area (Å²) in [5, 5.41) is 2.98. The first kappa shape index (κ1) is 9.92. The maximum Gasteiger partial charge on any atom is 0.240 e. The molecule has 0 bridgehead atoms. The predicted molar refractivity (Wildman–Crippen MR) is 56.9 cm³/mol. The number of amides is 1. The molecule has 3 nitrogen and oxygen atoms in total. The third-order valence-electron chi connectivity index (χ3n) is 1.64. The first-order valence-corrected chi connectivity index (χ1v) is 4.59. The van der Waals surface area contributed by atoms with Crippen molar-refractivity contribution in [3.05, 3.63) is 30.3 Å². The number of hydrogen-bond acceptors (Lipinski definition) is 3. The van der Waals surface area contributed by atoms with E-state index in [0.717, 1.165) is 5.69 Å². The molecule has 1 atom stereocenters. The fourth-order valence-electron chi connectivity index (χ4n) is 0.942. The number of para-hydroxylation sites is 1. The lowest BCUT2D eigenvalue weighted by atomic mass is 10.2. The summed E-state index contributed by atoms with van der Waals surface area (Å²) in [6.45, 7) is 0. The van der Waals surface area contributed by atoms with E-state index in [1.54, 1.807) is 0 Å². The van der Waals surface area contributed by atoms with E-state index >= 15 is 0 Å². The molecule has 0 saturated heterocycles. The summed E-state index contributed by atoms with van der Waals surface area (Å²) >= 11 is 4.02. The van der Waals surface area contributed by atoms with Crippen molar-refractivity contribution in [1.82, 2.24) is 0 Å². The standard InChI is InChI=1S/C9H12N2OS/c10-9(12)8(6-13)11-7-4-2-1-3-5-7/h1-5,8,11,13H,6H2,(H2,10,12)/t8-/m0/s1. The van der Waals surface area contributed by atoms with E-state index in [0.29, 0.717) is 5.75 Å². The average Bonchev–Trinajstić information content (AvgIpc) is 2.15. The Morgan fingerprint density at radius 2 is 2.08 bits per heavy atom. The van der Waals surface area contributed by atoms with E-state index in [1.165, 1.54) is 0 Å². The molecule has 0 spiro atoms. The van der Waals surface area contributed by atoms with Crippen LogP contribution in [0.1, 0.15) is 0 Å². The maximum atomic E-state index is 10.8. The number of carbonyl (C=O) groups excluding carboxylic acids is 1. The Hall–Kier alpha value is -1.16. The molecule has 0 radical (unpaired) electrons. The van der Waals surface area contributed by atoms with Gasteiger partial charge in [0, 0.05) is 11.4 Å². The molecule has 0 fully saturated rings. The summed E-state index contributed by atoms with van der Waals surface area (Å²) in [6, 6.07) is 9.02. The summed E-state index contributed by atoms with van der Waals surface area (Å²) in [7, 11) is 0. The van der Waals surface area contributed by atoms with Gasteiger partial charge in [-0.25, -0.2) is 0 Å². The highest BCUT2D eigenvalue weighted by Crippen LogP contribution is 2.07. The summed E-state index contributed by atoms with van der Waals surface area (Å²) < 4.78 is 0. The van der Waals surface area contributed by atoms with Gasteiger partial charge >= 0.3 is 0 Å². The van der Waals surface area contributed by atoms with Crippen molar-refractivity contribution in [3.63, 3.8) is 0 Å². The Bertz CT molecular complexity index is 276. The van der Waals surface area contributed by atoms with Crippen LogP contribution in [0.25, 0.3) is 0 Å². The predicted octanol–water partition coefficient (Wildman–Crippen LogP) is 0.882. The van der Waals surface area contributed by atoms with Gasteiger partial charge in [0.2, 0.25) is 5.91 Å². The molecule has 1 aromatic carbocycles. The zero-order valence-electron chi connectivity index (χ0n) is 7.10. The molecule has 3 N–H and O–H groups in total. The van der Waals surface area contributed by atoms with Crippen molar-refractivity contribution in [3.8, 4) is 0 Å². The average molecular weight is 196 g/mol. The number of thiol groups is 1. The van der Waals surface area contributed by atoms with Crippen LogP contribution in [-0.4, -0.2) is 17.7 Å². The molecule has 0 aromatic heterocycles. The number of benzene rings is 1. The quantitative estimate of drug-likeness (QED) is 0.626. The molecule has 70 valence electrons. The molecule has 4 heteroatoms.